The first-order valence-electron chi connectivity index (χ1n) is 42.9. The van der Waals surface area contributed by atoms with Crippen LogP contribution in [0.25, 0.3) is 0 Å². The molecule has 6 aliphatic carbocycles. The van der Waals surface area contributed by atoms with E-state index >= 15 is 0 Å². The van der Waals surface area contributed by atoms with Crippen molar-refractivity contribution >= 4 is 114 Å². The molecule has 10 aliphatic rings. The minimum Gasteiger partial charge on any atom is -0.311 e. The van der Waals surface area contributed by atoms with Crippen LogP contribution < -0.4 is 52.4 Å². The second-order valence-electron chi connectivity index (χ2n) is 40.7. The van der Waals surface area contributed by atoms with Crippen LogP contribution in [0.1, 0.15) is 230 Å². The van der Waals surface area contributed by atoms with Gasteiger partial charge in [-0.15, -0.1) is 0 Å². The fraction of sp³-hybridized carbons (Fsp3) is 0.371. The lowest BCUT2D eigenvalue weighted by Gasteiger charge is -2.46. The molecule has 0 bridgehead atoms. The Labute approximate surface area is 663 Å². The van der Waals surface area contributed by atoms with Crippen molar-refractivity contribution in [3.8, 4) is 0 Å². The summed E-state index contributed by atoms with van der Waals surface area (Å²) in [6.45, 7) is 32.1. The summed E-state index contributed by atoms with van der Waals surface area (Å²) in [7, 11) is 0. The van der Waals surface area contributed by atoms with Crippen molar-refractivity contribution in [1.82, 2.24) is 0 Å². The fourth-order valence-electron chi connectivity index (χ4n) is 23.7. The highest BCUT2D eigenvalue weighted by Crippen LogP contribution is 2.56. The molecule has 1 saturated carbocycles. The predicted molar refractivity (Wildman–Crippen MR) is 473 cm³/mol. The first kappa shape index (κ1) is 69.7. The lowest BCUT2D eigenvalue weighted by Crippen LogP contribution is -2.61. The molecule has 0 aromatic heterocycles. The predicted octanol–water partition coefficient (Wildman–Crippen LogP) is 22.9. The van der Waals surface area contributed by atoms with Crippen LogP contribution in [-0.4, -0.2) is 13.4 Å². The molecule has 4 heterocycles. The van der Waals surface area contributed by atoms with Gasteiger partial charge in [-0.2, -0.15) is 0 Å². The SMILES string of the molecule is CC(Cc1cccc2c1CCCC2c1cc2c3c(c1)N(c1cccc4c1CC(C)(C)C4)c1cc(C(C)(C)C)ccc1B3c1ccc(C(C)(C)C)cc1N2c1cccc2c1CC(C)(C)C2)C1Cc2cc3c(cc2C1)N(c1ccccc1)c1cc(C2CCCCC2)cc2c1B3c1cc3c(cc1N2c1ccccc1)CC(C)(C)C3. The lowest BCUT2D eigenvalue weighted by atomic mass is 9.33. The van der Waals surface area contributed by atoms with Gasteiger partial charge in [0.2, 0.25) is 0 Å². The number of para-hydroxylation sites is 2. The Balaban J connectivity index is 0.692. The summed E-state index contributed by atoms with van der Waals surface area (Å²) in [5, 5.41) is 0. The van der Waals surface area contributed by atoms with E-state index in [0.717, 1.165) is 70.6 Å². The maximum absolute atomic E-state index is 2.81. The van der Waals surface area contributed by atoms with Gasteiger partial charge in [0.1, 0.15) is 0 Å². The average molecular weight is 1450 g/mol. The maximum atomic E-state index is 2.81. The number of anilines is 12. The summed E-state index contributed by atoms with van der Waals surface area (Å²) in [5.74, 6) is 1.78. The molecular formula is C105H110B2N4. The third kappa shape index (κ3) is 11.3. The van der Waals surface area contributed by atoms with E-state index in [9.17, 15) is 0 Å². The Morgan fingerprint density at radius 1 is 0.369 bits per heavy atom. The molecule has 0 spiro atoms. The van der Waals surface area contributed by atoms with E-state index in [2.05, 4.69) is 310 Å². The Kier molecular flexibility index (Phi) is 15.8. The van der Waals surface area contributed by atoms with E-state index in [1.807, 2.05) is 0 Å². The number of benzene rings is 11. The molecule has 11 aromatic carbocycles. The molecule has 0 radical (unpaired) electrons. The van der Waals surface area contributed by atoms with E-state index in [0.29, 0.717) is 17.8 Å². The quantitative estimate of drug-likeness (QED) is 0.134. The van der Waals surface area contributed by atoms with Gasteiger partial charge in [0.15, 0.2) is 0 Å². The summed E-state index contributed by atoms with van der Waals surface area (Å²) >= 11 is 0. The van der Waals surface area contributed by atoms with Crippen LogP contribution in [0, 0.1) is 28.1 Å². The number of rotatable bonds is 9. The van der Waals surface area contributed by atoms with Gasteiger partial charge in [0.25, 0.3) is 13.4 Å². The van der Waals surface area contributed by atoms with Crippen molar-refractivity contribution in [1.29, 1.82) is 0 Å². The highest BCUT2D eigenvalue weighted by atomic mass is 15.2. The molecule has 0 saturated heterocycles. The zero-order valence-electron chi connectivity index (χ0n) is 68.3. The number of nitrogens with zero attached hydrogens (tertiary/aromatic N) is 4. The molecule has 3 atom stereocenters. The van der Waals surface area contributed by atoms with E-state index in [-0.39, 0.29) is 46.4 Å². The summed E-state index contributed by atoms with van der Waals surface area (Å²) in [4.78, 5) is 11.1. The minimum absolute atomic E-state index is 0.0410. The average Bonchev–Trinajstić information content (AvgIpc) is 1.58. The van der Waals surface area contributed by atoms with Crippen molar-refractivity contribution < 1.29 is 0 Å². The molecule has 4 aliphatic heterocycles. The number of fused-ring (bicyclic) bond motifs is 13. The van der Waals surface area contributed by atoms with Gasteiger partial charge in [0.05, 0.1) is 0 Å². The first-order chi connectivity index (χ1) is 53.4. The summed E-state index contributed by atoms with van der Waals surface area (Å²) in [6.07, 6.45) is 19.7. The molecule has 1 fully saturated rings. The zero-order chi connectivity index (χ0) is 75.7. The highest BCUT2D eigenvalue weighted by Gasteiger charge is 2.50. The van der Waals surface area contributed by atoms with Gasteiger partial charge < -0.3 is 19.6 Å². The van der Waals surface area contributed by atoms with Crippen molar-refractivity contribution in [3.05, 3.63) is 284 Å². The van der Waals surface area contributed by atoms with Crippen molar-refractivity contribution in [2.24, 2.45) is 28.1 Å². The summed E-state index contributed by atoms with van der Waals surface area (Å²) in [5.41, 5.74) is 48.0. The smallest absolute Gasteiger partial charge is 0.252 e. The van der Waals surface area contributed by atoms with Gasteiger partial charge in [0, 0.05) is 74.2 Å². The highest BCUT2D eigenvalue weighted by molar-refractivity contribution is 7.01. The van der Waals surface area contributed by atoms with E-state index in [1.165, 1.54) is 190 Å². The van der Waals surface area contributed by atoms with Crippen LogP contribution in [0.5, 0.6) is 0 Å². The number of hydrogen-bond donors (Lipinski definition) is 0. The van der Waals surface area contributed by atoms with Gasteiger partial charge in [-0.1, -0.05) is 225 Å². The standard InChI is InChI=1S/C105H110B2N4/c1-64(69-46-70-48-87-91(50-71(70)47-69)108(78-32-19-15-20-33-78)95-51-72(65-27-17-14-18-28-65)52-96-99(95)107(87)88-49-74-60-103(8,9)61-75(74)55-92(88)109(96)79-34-21-16-22-35-79)45-66-29-23-38-82-80(66)36-26-37-81(82)73-53-97-100-98(54-73)111(90-40-25-31-68-59-105(12,13)63-84(68)90)94-57-77(102(5,6)7)42-44-86(94)106(100)85-43-41-76(101(2,3)4)56-93(85)110(97)89-39-24-30-67-58-104(10,11)62-83(67)89/h15-16,19-25,29-35,38-44,48-57,64-65,69,81H,14,17-18,26-28,36-37,45-47,58-63H2,1-13H3. The fourth-order valence-corrected chi connectivity index (χ4v) is 23.7. The van der Waals surface area contributed by atoms with Gasteiger partial charge >= 0.3 is 0 Å². The lowest BCUT2D eigenvalue weighted by molar-refractivity contribution is 0.370. The molecule has 4 nitrogen and oxygen atoms in total. The largest absolute Gasteiger partial charge is 0.311 e. The Morgan fingerprint density at radius 3 is 1.36 bits per heavy atom. The molecule has 6 heteroatoms. The van der Waals surface area contributed by atoms with Gasteiger partial charge in [-0.25, -0.2) is 0 Å². The first-order valence-corrected chi connectivity index (χ1v) is 42.9. The number of hydrogen-bond acceptors (Lipinski definition) is 4. The Morgan fingerprint density at radius 2 is 0.820 bits per heavy atom. The molecular weight excluding hydrogens is 1340 g/mol. The molecule has 111 heavy (non-hydrogen) atoms. The maximum Gasteiger partial charge on any atom is 0.252 e. The monoisotopic (exact) mass is 1450 g/mol. The van der Waals surface area contributed by atoms with Crippen LogP contribution in [0.4, 0.5) is 68.2 Å². The molecule has 0 N–H and O–H groups in total. The molecule has 556 valence electrons. The van der Waals surface area contributed by atoms with Crippen LogP contribution in [0.3, 0.4) is 0 Å². The van der Waals surface area contributed by atoms with Crippen LogP contribution in [-0.2, 0) is 75.0 Å². The molecule has 11 aromatic rings. The minimum atomic E-state index is -0.0463. The van der Waals surface area contributed by atoms with Crippen molar-refractivity contribution in [2.45, 2.75) is 222 Å². The summed E-state index contributed by atoms with van der Waals surface area (Å²) < 4.78 is 0. The third-order valence-corrected chi connectivity index (χ3v) is 28.9. The van der Waals surface area contributed by atoms with E-state index in [4.69, 9.17) is 0 Å². The van der Waals surface area contributed by atoms with Crippen LogP contribution in [0.2, 0.25) is 0 Å². The molecule has 0 amide bonds. The topological polar surface area (TPSA) is 13.0 Å². The Hall–Kier alpha value is -9.25. The molecule has 21 rings (SSSR count). The van der Waals surface area contributed by atoms with Crippen molar-refractivity contribution in [2.75, 3.05) is 19.6 Å². The van der Waals surface area contributed by atoms with Crippen LogP contribution in [0.15, 0.2) is 200 Å². The van der Waals surface area contributed by atoms with E-state index < -0.39 is 0 Å². The zero-order valence-corrected chi connectivity index (χ0v) is 68.3. The van der Waals surface area contributed by atoms with Crippen LogP contribution >= 0.6 is 0 Å². The second kappa shape index (κ2) is 25.1. The van der Waals surface area contributed by atoms with E-state index in [1.54, 1.807) is 33.4 Å². The second-order valence-corrected chi connectivity index (χ2v) is 40.7. The molecule has 3 unspecified atom stereocenters. The third-order valence-electron chi connectivity index (χ3n) is 28.9. The van der Waals surface area contributed by atoms with Gasteiger partial charge in [-0.05, 0) is 336 Å². The summed E-state index contributed by atoms with van der Waals surface area (Å²) in [6, 6.07) is 82.1. The van der Waals surface area contributed by atoms with Crippen molar-refractivity contribution in [3.63, 3.8) is 0 Å². The normalized spacial score (nSPS) is 20.0. The Bertz CT molecular complexity index is 5520. The van der Waals surface area contributed by atoms with Gasteiger partial charge in [-0.3, -0.25) is 0 Å².